The van der Waals surface area contributed by atoms with Gasteiger partial charge < -0.3 is 15.1 Å². The summed E-state index contributed by atoms with van der Waals surface area (Å²) in [6, 6.07) is 17.2. The third-order valence-corrected chi connectivity index (χ3v) is 6.56. The van der Waals surface area contributed by atoms with Crippen LogP contribution in [0.15, 0.2) is 60.7 Å². The summed E-state index contributed by atoms with van der Waals surface area (Å²) in [5, 5.41) is 18.6. The number of aliphatic hydroxyl groups excluding tert-OH is 1. The first kappa shape index (κ1) is 26.3. The number of carboxylic acid groups (broad SMARTS) is 1. The van der Waals surface area contributed by atoms with E-state index < -0.39 is 43.3 Å². The van der Waals surface area contributed by atoms with E-state index in [1.54, 1.807) is 12.1 Å². The van der Waals surface area contributed by atoms with Crippen molar-refractivity contribution in [2.24, 2.45) is 0 Å². The molecule has 182 valence electrons. The molecule has 0 amide bonds. The molecule has 3 aromatic rings. The van der Waals surface area contributed by atoms with Gasteiger partial charge in [-0.3, -0.25) is 14.3 Å². The Kier molecular flexibility index (Phi) is 7.92. The molecule has 0 radical (unpaired) electrons. The number of carbonyl (C=O) groups is 1. The van der Waals surface area contributed by atoms with Crippen LogP contribution in [-0.2, 0) is 14.8 Å². The zero-order valence-electron chi connectivity index (χ0n) is 19.7. The number of nitrogens with zero attached hydrogens (tertiary/aromatic N) is 1. The maximum absolute atomic E-state index is 13.7. The fourth-order valence-electron chi connectivity index (χ4n) is 3.57. The minimum atomic E-state index is -4.19. The molecule has 1 aromatic heterocycles. The van der Waals surface area contributed by atoms with Gasteiger partial charge in [-0.25, -0.2) is 4.39 Å². The highest BCUT2D eigenvalue weighted by Gasteiger charge is 2.26. The lowest BCUT2D eigenvalue weighted by Crippen LogP contribution is -2.18. The van der Waals surface area contributed by atoms with E-state index in [1.807, 2.05) is 57.2 Å². The van der Waals surface area contributed by atoms with Gasteiger partial charge in [0.1, 0.15) is 5.82 Å². The Labute approximate surface area is 203 Å². The van der Waals surface area contributed by atoms with Crippen LogP contribution in [0.2, 0.25) is 0 Å². The number of benzene rings is 2. The van der Waals surface area contributed by atoms with Crippen LogP contribution in [0.4, 0.5) is 4.39 Å². The number of aliphatic carboxylic acids is 1. The van der Waals surface area contributed by atoms with Gasteiger partial charge in [-0.05, 0) is 29.4 Å². The third kappa shape index (κ3) is 7.10. The van der Waals surface area contributed by atoms with E-state index in [-0.39, 0.29) is 0 Å². The molecule has 0 fully saturated rings. The van der Waals surface area contributed by atoms with Gasteiger partial charge in [0.25, 0.3) is 7.37 Å². The van der Waals surface area contributed by atoms with E-state index in [9.17, 15) is 23.7 Å². The summed E-state index contributed by atoms with van der Waals surface area (Å²) in [6.07, 6.45) is -2.83. The van der Waals surface area contributed by atoms with Gasteiger partial charge in [0.15, 0.2) is 0 Å². The maximum Gasteiger partial charge on any atom is 0.305 e. The minimum absolute atomic E-state index is 0.401. The van der Waals surface area contributed by atoms with Gasteiger partial charge in [0, 0.05) is 16.5 Å². The van der Waals surface area contributed by atoms with E-state index >= 15 is 0 Å². The summed E-state index contributed by atoms with van der Waals surface area (Å²) in [5.74, 6) is 1.12. The zero-order chi connectivity index (χ0) is 25.8. The van der Waals surface area contributed by atoms with Crippen molar-refractivity contribution in [1.82, 2.24) is 4.98 Å². The number of hydrogen-bond donors (Lipinski definition) is 3. The molecule has 6 nitrogen and oxygen atoms in total. The number of halogens is 1. The first-order chi connectivity index (χ1) is 16.4. The summed E-state index contributed by atoms with van der Waals surface area (Å²) in [4.78, 5) is 26.0. The van der Waals surface area contributed by atoms with E-state index in [2.05, 4.69) is 11.6 Å². The van der Waals surface area contributed by atoms with E-state index in [0.29, 0.717) is 28.1 Å². The standard InChI is InChI=1S/C27H27FNO5P/c1-27(2,3)26-22(13-14-35(33,34)17-21(30)15-25(31)32)23(18-9-11-20(28)12-10-18)16-24(29-26)19-7-5-4-6-8-19/h4-12,16,21,30H,15,17H2,1-3H3,(H,31,32)(H,33,34)/t21-/m0/s1. The van der Waals surface area contributed by atoms with E-state index in [1.165, 1.54) is 12.1 Å². The van der Waals surface area contributed by atoms with Gasteiger partial charge in [0.05, 0.1) is 35.6 Å². The summed E-state index contributed by atoms with van der Waals surface area (Å²) < 4.78 is 26.3. The van der Waals surface area contributed by atoms with Gasteiger partial charge in [0.2, 0.25) is 0 Å². The Morgan fingerprint density at radius 3 is 2.29 bits per heavy atom. The highest BCUT2D eigenvalue weighted by atomic mass is 31.2. The largest absolute Gasteiger partial charge is 0.481 e. The average Bonchev–Trinajstić information content (AvgIpc) is 2.77. The highest BCUT2D eigenvalue weighted by Crippen LogP contribution is 2.41. The van der Waals surface area contributed by atoms with Crippen molar-refractivity contribution < 1.29 is 28.9 Å². The Hall–Kier alpha value is -3.30. The second-order valence-corrected chi connectivity index (χ2v) is 11.3. The number of hydrogen-bond acceptors (Lipinski definition) is 4. The van der Waals surface area contributed by atoms with Gasteiger partial charge in [-0.15, -0.1) is 0 Å². The number of pyridine rings is 1. The molecule has 3 rings (SSSR count). The second-order valence-electron chi connectivity index (χ2n) is 9.27. The first-order valence-corrected chi connectivity index (χ1v) is 12.8. The molecule has 0 saturated carbocycles. The van der Waals surface area contributed by atoms with Crippen LogP contribution >= 0.6 is 7.37 Å². The van der Waals surface area contributed by atoms with Crippen LogP contribution in [0, 0.1) is 17.4 Å². The summed E-state index contributed by atoms with van der Waals surface area (Å²) >= 11 is 0. The number of aliphatic hydroxyl groups is 1. The molecular formula is C27H27FNO5P. The molecular weight excluding hydrogens is 468 g/mol. The van der Waals surface area contributed by atoms with Crippen LogP contribution in [0.5, 0.6) is 0 Å². The van der Waals surface area contributed by atoms with Crippen molar-refractivity contribution >= 4 is 13.3 Å². The first-order valence-electron chi connectivity index (χ1n) is 11.0. The van der Waals surface area contributed by atoms with Crippen molar-refractivity contribution in [2.45, 2.75) is 38.7 Å². The quantitative estimate of drug-likeness (QED) is 0.318. The van der Waals surface area contributed by atoms with Crippen molar-refractivity contribution in [3.05, 3.63) is 77.7 Å². The molecule has 0 aliphatic heterocycles. The van der Waals surface area contributed by atoms with Crippen molar-refractivity contribution in [2.75, 3.05) is 6.16 Å². The monoisotopic (exact) mass is 495 g/mol. The molecule has 2 aromatic carbocycles. The normalized spacial score (nSPS) is 13.9. The van der Waals surface area contributed by atoms with E-state index in [0.717, 1.165) is 5.56 Å². The molecule has 1 unspecified atom stereocenters. The Balaban J connectivity index is 2.23. The SMILES string of the molecule is CC(C)(C)c1nc(-c2ccccc2)cc(-c2ccc(F)cc2)c1C#CP(=O)(O)C[C@@H](O)CC(=O)O. The van der Waals surface area contributed by atoms with Gasteiger partial charge >= 0.3 is 5.97 Å². The molecule has 0 aliphatic rings. The maximum atomic E-state index is 13.7. The number of rotatable bonds is 6. The van der Waals surface area contributed by atoms with Crippen LogP contribution < -0.4 is 0 Å². The predicted octanol–water partition coefficient (Wildman–Crippen LogP) is 5.27. The summed E-state index contributed by atoms with van der Waals surface area (Å²) in [7, 11) is -4.19. The van der Waals surface area contributed by atoms with Gasteiger partial charge in [-0.2, -0.15) is 0 Å². The van der Waals surface area contributed by atoms with E-state index in [4.69, 9.17) is 10.1 Å². The van der Waals surface area contributed by atoms with Crippen LogP contribution in [0.1, 0.15) is 38.4 Å². The molecule has 35 heavy (non-hydrogen) atoms. The Morgan fingerprint density at radius 1 is 1.09 bits per heavy atom. The number of carboxylic acids is 1. The summed E-state index contributed by atoms with van der Waals surface area (Å²) in [5.41, 5.74) is 5.65. The zero-order valence-corrected chi connectivity index (χ0v) is 20.6. The Morgan fingerprint density at radius 2 is 1.71 bits per heavy atom. The fourth-order valence-corrected chi connectivity index (χ4v) is 4.65. The van der Waals surface area contributed by atoms with Crippen molar-refractivity contribution in [1.29, 1.82) is 0 Å². The topological polar surface area (TPSA) is 108 Å². The summed E-state index contributed by atoms with van der Waals surface area (Å²) in [6.45, 7) is 5.83. The lowest BCUT2D eigenvalue weighted by Gasteiger charge is -2.23. The lowest BCUT2D eigenvalue weighted by molar-refractivity contribution is -0.138. The lowest BCUT2D eigenvalue weighted by atomic mass is 9.84. The predicted molar refractivity (Wildman–Crippen MR) is 134 cm³/mol. The Bertz CT molecular complexity index is 1320. The molecule has 0 saturated heterocycles. The van der Waals surface area contributed by atoms with Crippen LogP contribution in [0.25, 0.3) is 22.4 Å². The molecule has 1 heterocycles. The molecule has 8 heteroatoms. The third-order valence-electron chi connectivity index (χ3n) is 5.18. The molecule has 0 bridgehead atoms. The molecule has 3 N–H and O–H groups in total. The molecule has 0 aliphatic carbocycles. The number of aromatic nitrogens is 1. The van der Waals surface area contributed by atoms with Crippen LogP contribution in [0.3, 0.4) is 0 Å². The fraction of sp³-hybridized carbons (Fsp3) is 0.259. The van der Waals surface area contributed by atoms with Crippen molar-refractivity contribution in [3.63, 3.8) is 0 Å². The molecule has 0 spiro atoms. The average molecular weight is 495 g/mol. The van der Waals surface area contributed by atoms with Crippen molar-refractivity contribution in [3.8, 4) is 34.0 Å². The van der Waals surface area contributed by atoms with Crippen LogP contribution in [-0.4, -0.2) is 38.3 Å². The van der Waals surface area contributed by atoms with Gasteiger partial charge in [-0.1, -0.05) is 69.2 Å². The molecule has 2 atom stereocenters. The smallest absolute Gasteiger partial charge is 0.305 e. The highest BCUT2D eigenvalue weighted by molar-refractivity contribution is 7.63. The second kappa shape index (κ2) is 10.5. The minimum Gasteiger partial charge on any atom is -0.481 e.